The molecule has 0 fully saturated rings. The van der Waals surface area contributed by atoms with Crippen LogP contribution in [0.2, 0.25) is 0 Å². The minimum absolute atomic E-state index is 0.283. The summed E-state index contributed by atoms with van der Waals surface area (Å²) < 4.78 is 0. The molecule has 2 aromatic carbocycles. The Morgan fingerprint density at radius 2 is 1.21 bits per heavy atom. The van der Waals surface area contributed by atoms with Crippen molar-refractivity contribution in [2.24, 2.45) is 11.8 Å². The molecule has 2 atom stereocenters. The second-order valence-corrected chi connectivity index (χ2v) is 5.92. The van der Waals surface area contributed by atoms with Gasteiger partial charge in [-0.25, -0.2) is 0 Å². The quantitative estimate of drug-likeness (QED) is 0.821. The van der Waals surface area contributed by atoms with Gasteiger partial charge >= 0.3 is 0 Å². The van der Waals surface area contributed by atoms with Crippen LogP contribution < -0.4 is 0 Å². The van der Waals surface area contributed by atoms with Crippen LogP contribution in [0.4, 0.5) is 0 Å². The molecule has 3 aliphatic rings. The summed E-state index contributed by atoms with van der Waals surface area (Å²) >= 11 is 0. The molecule has 0 saturated heterocycles. The monoisotopic (exact) mass is 250 g/mol. The second kappa shape index (κ2) is 3.94. The lowest BCUT2D eigenvalue weighted by atomic mass is 9.55. The van der Waals surface area contributed by atoms with Crippen molar-refractivity contribution < 1.29 is 5.11 Å². The molecule has 1 nitrogen and oxygen atoms in total. The highest BCUT2D eigenvalue weighted by Crippen LogP contribution is 2.57. The Bertz CT molecular complexity index is 584. The van der Waals surface area contributed by atoms with Gasteiger partial charge in [0.25, 0.3) is 0 Å². The van der Waals surface area contributed by atoms with Crippen molar-refractivity contribution in [3.05, 3.63) is 70.8 Å². The number of aliphatic hydroxyl groups excluding tert-OH is 1. The van der Waals surface area contributed by atoms with Gasteiger partial charge in [0.2, 0.25) is 0 Å². The molecule has 2 bridgehead atoms. The molecule has 0 aromatic heterocycles. The predicted octanol–water partition coefficient (Wildman–Crippen LogP) is 3.52. The highest BCUT2D eigenvalue weighted by Gasteiger charge is 2.47. The molecule has 5 rings (SSSR count). The van der Waals surface area contributed by atoms with Crippen LogP contribution in [-0.4, -0.2) is 11.7 Å². The van der Waals surface area contributed by atoms with E-state index in [9.17, 15) is 5.11 Å². The van der Waals surface area contributed by atoms with Crippen molar-refractivity contribution in [3.63, 3.8) is 0 Å². The fraction of sp³-hybridized carbons (Fsp3) is 0.333. The summed E-state index contributed by atoms with van der Waals surface area (Å²) in [5.41, 5.74) is 5.82. The van der Waals surface area contributed by atoms with Crippen molar-refractivity contribution >= 4 is 0 Å². The summed E-state index contributed by atoms with van der Waals surface area (Å²) in [7, 11) is 0. The van der Waals surface area contributed by atoms with Gasteiger partial charge in [-0.05, 0) is 34.1 Å². The van der Waals surface area contributed by atoms with Crippen molar-refractivity contribution in [2.45, 2.75) is 18.8 Å². The van der Waals surface area contributed by atoms with E-state index in [-0.39, 0.29) is 6.61 Å². The third kappa shape index (κ3) is 1.34. The maximum Gasteiger partial charge on any atom is 0.0471 e. The lowest BCUT2D eigenvalue weighted by Gasteiger charge is -2.49. The van der Waals surface area contributed by atoms with E-state index >= 15 is 0 Å². The fourth-order valence-electron chi connectivity index (χ4n) is 4.34. The average Bonchev–Trinajstić information content (AvgIpc) is 2.47. The molecule has 0 unspecified atom stereocenters. The molecule has 0 amide bonds. The molecule has 19 heavy (non-hydrogen) atoms. The molecular weight excluding hydrogens is 232 g/mol. The molecule has 0 heterocycles. The number of hydrogen-bond acceptors (Lipinski definition) is 1. The van der Waals surface area contributed by atoms with Crippen LogP contribution in [0.1, 0.15) is 41.0 Å². The summed E-state index contributed by atoms with van der Waals surface area (Å²) in [5.74, 6) is 1.70. The van der Waals surface area contributed by atoms with E-state index in [1.165, 1.54) is 22.3 Å². The molecule has 1 N–H and O–H groups in total. The van der Waals surface area contributed by atoms with Crippen molar-refractivity contribution in [1.82, 2.24) is 0 Å². The molecule has 0 radical (unpaired) electrons. The lowest BCUT2D eigenvalue weighted by Crippen LogP contribution is -2.40. The lowest BCUT2D eigenvalue weighted by molar-refractivity contribution is 0.138. The van der Waals surface area contributed by atoms with E-state index in [2.05, 4.69) is 55.5 Å². The Labute approximate surface area is 113 Å². The Hall–Kier alpha value is -1.60. The summed E-state index contributed by atoms with van der Waals surface area (Å²) in [6, 6.07) is 17.6. The van der Waals surface area contributed by atoms with Gasteiger partial charge in [-0.3, -0.25) is 0 Å². The summed E-state index contributed by atoms with van der Waals surface area (Å²) in [6.07, 6.45) is 0. The van der Waals surface area contributed by atoms with Gasteiger partial charge in [0.05, 0.1) is 0 Å². The normalized spacial score (nSPS) is 30.8. The summed E-state index contributed by atoms with van der Waals surface area (Å²) in [5, 5.41) is 9.83. The third-order valence-corrected chi connectivity index (χ3v) is 5.17. The van der Waals surface area contributed by atoms with Crippen LogP contribution in [0.15, 0.2) is 48.5 Å². The number of hydrogen-bond donors (Lipinski definition) is 1. The van der Waals surface area contributed by atoms with Crippen LogP contribution in [0.3, 0.4) is 0 Å². The number of rotatable bonds is 1. The Morgan fingerprint density at radius 1 is 0.789 bits per heavy atom. The highest BCUT2D eigenvalue weighted by atomic mass is 16.3. The average molecular weight is 250 g/mol. The number of benzene rings is 2. The summed E-state index contributed by atoms with van der Waals surface area (Å²) in [4.78, 5) is 0. The van der Waals surface area contributed by atoms with Gasteiger partial charge in [-0.2, -0.15) is 0 Å². The van der Waals surface area contributed by atoms with Crippen molar-refractivity contribution in [2.75, 3.05) is 6.61 Å². The van der Waals surface area contributed by atoms with E-state index < -0.39 is 0 Å². The van der Waals surface area contributed by atoms with Gasteiger partial charge in [0.1, 0.15) is 0 Å². The van der Waals surface area contributed by atoms with Crippen molar-refractivity contribution in [3.8, 4) is 0 Å². The van der Waals surface area contributed by atoms with Gasteiger partial charge in [0.15, 0.2) is 0 Å². The molecule has 0 saturated carbocycles. The van der Waals surface area contributed by atoms with Crippen LogP contribution in [0, 0.1) is 11.8 Å². The number of fused-ring (bicyclic) bond motifs is 1. The third-order valence-electron chi connectivity index (χ3n) is 5.17. The first-order chi connectivity index (χ1) is 9.33. The Balaban J connectivity index is 2.03. The molecule has 3 aliphatic carbocycles. The molecule has 96 valence electrons. The zero-order chi connectivity index (χ0) is 13.0. The van der Waals surface area contributed by atoms with E-state index in [1.54, 1.807) is 0 Å². The fourth-order valence-corrected chi connectivity index (χ4v) is 4.34. The van der Waals surface area contributed by atoms with Crippen LogP contribution in [0.25, 0.3) is 0 Å². The van der Waals surface area contributed by atoms with Crippen molar-refractivity contribution in [1.29, 1.82) is 0 Å². The first-order valence-electron chi connectivity index (χ1n) is 7.11. The first kappa shape index (κ1) is 11.2. The molecule has 0 spiro atoms. The van der Waals surface area contributed by atoms with E-state index in [1.807, 2.05) is 0 Å². The maximum absolute atomic E-state index is 9.83. The second-order valence-electron chi connectivity index (χ2n) is 5.92. The predicted molar refractivity (Wildman–Crippen MR) is 76.3 cm³/mol. The van der Waals surface area contributed by atoms with E-state index in [0.29, 0.717) is 23.7 Å². The van der Waals surface area contributed by atoms with Gasteiger partial charge in [-0.1, -0.05) is 55.5 Å². The maximum atomic E-state index is 9.83. The topological polar surface area (TPSA) is 20.2 Å². The van der Waals surface area contributed by atoms with Gasteiger partial charge in [-0.15, -0.1) is 0 Å². The minimum atomic E-state index is 0.283. The van der Waals surface area contributed by atoms with Gasteiger partial charge < -0.3 is 5.11 Å². The van der Waals surface area contributed by atoms with Crippen LogP contribution >= 0.6 is 0 Å². The summed E-state index contributed by atoms with van der Waals surface area (Å²) in [6.45, 7) is 2.58. The van der Waals surface area contributed by atoms with E-state index in [0.717, 1.165) is 0 Å². The van der Waals surface area contributed by atoms with E-state index in [4.69, 9.17) is 0 Å². The highest BCUT2D eigenvalue weighted by molar-refractivity contribution is 5.56. The largest absolute Gasteiger partial charge is 0.396 e. The first-order valence-corrected chi connectivity index (χ1v) is 7.11. The standard InChI is InChI=1S/C18H18O/c1-11-16(10-19)18-14-8-4-2-6-12(14)17(11)13-7-3-5-9-15(13)18/h2-9,11,16-19H,10H2,1H3/t11-,16-,17?,18?/m1/s1. The zero-order valence-corrected chi connectivity index (χ0v) is 11.1. The Kier molecular flexibility index (Phi) is 2.33. The molecule has 2 aromatic rings. The molecule has 0 aliphatic heterocycles. The SMILES string of the molecule is C[C@H]1C2c3ccccc3C(c3ccccc32)[C@@H]1CO. The Morgan fingerprint density at radius 3 is 1.63 bits per heavy atom. The van der Waals surface area contributed by atoms with Crippen LogP contribution in [-0.2, 0) is 0 Å². The minimum Gasteiger partial charge on any atom is -0.396 e. The number of aliphatic hydroxyl groups is 1. The smallest absolute Gasteiger partial charge is 0.0471 e. The molecule has 1 heteroatoms. The molecular formula is C18H18O. The van der Waals surface area contributed by atoms with Crippen LogP contribution in [0.5, 0.6) is 0 Å². The zero-order valence-electron chi connectivity index (χ0n) is 11.1. The van der Waals surface area contributed by atoms with Gasteiger partial charge in [0, 0.05) is 18.4 Å².